The summed E-state index contributed by atoms with van der Waals surface area (Å²) in [6.07, 6.45) is 3.33. The highest BCUT2D eigenvalue weighted by Crippen LogP contribution is 2.19. The lowest BCUT2D eigenvalue weighted by Crippen LogP contribution is -2.13. The summed E-state index contributed by atoms with van der Waals surface area (Å²) in [6, 6.07) is 8.17. The van der Waals surface area contributed by atoms with Crippen molar-refractivity contribution in [3.8, 4) is 5.75 Å². The van der Waals surface area contributed by atoms with Gasteiger partial charge in [-0.25, -0.2) is 0 Å². The summed E-state index contributed by atoms with van der Waals surface area (Å²) < 4.78 is 5.21. The highest BCUT2D eigenvalue weighted by Gasteiger charge is 1.97. The molecule has 0 amide bonds. The summed E-state index contributed by atoms with van der Waals surface area (Å²) >= 11 is 0. The first-order chi connectivity index (χ1) is 7.77. The first-order valence-corrected chi connectivity index (χ1v) is 5.79. The molecule has 0 bridgehead atoms. The molecule has 0 aliphatic rings. The molecule has 0 aliphatic heterocycles. The molecule has 1 aromatic rings. The number of nitrogens with one attached hydrogen (secondary N) is 1. The number of hydrogen-bond acceptors (Lipinski definition) is 2. The van der Waals surface area contributed by atoms with Crippen molar-refractivity contribution in [3.05, 3.63) is 35.9 Å². The second-order valence-corrected chi connectivity index (χ2v) is 3.76. The van der Waals surface area contributed by atoms with Crippen LogP contribution in [0.1, 0.15) is 25.8 Å². The quantitative estimate of drug-likeness (QED) is 0.742. The zero-order valence-corrected chi connectivity index (χ0v) is 10.4. The average Bonchev–Trinajstić information content (AvgIpc) is 2.34. The molecule has 0 unspecified atom stereocenters. The zero-order chi connectivity index (χ0) is 11.8. The number of methoxy groups -OCH3 is 1. The molecule has 0 heterocycles. The van der Waals surface area contributed by atoms with E-state index in [1.54, 1.807) is 7.11 Å². The Hall–Kier alpha value is -1.28. The van der Waals surface area contributed by atoms with Crippen LogP contribution in [0.25, 0.3) is 5.57 Å². The zero-order valence-electron chi connectivity index (χ0n) is 10.4. The Balaban J connectivity index is 2.60. The van der Waals surface area contributed by atoms with E-state index in [0.29, 0.717) is 0 Å². The molecule has 2 nitrogen and oxygen atoms in total. The summed E-state index contributed by atoms with van der Waals surface area (Å²) in [6.45, 7) is 6.34. The van der Waals surface area contributed by atoms with Crippen LogP contribution in [0.5, 0.6) is 5.75 Å². The Kier molecular flexibility index (Phi) is 5.65. The maximum atomic E-state index is 5.21. The van der Waals surface area contributed by atoms with E-state index in [-0.39, 0.29) is 0 Å². The fourth-order valence-electron chi connectivity index (χ4n) is 1.55. The molecule has 1 aromatic carbocycles. The Bertz CT molecular complexity index is 344. The Morgan fingerprint density at radius 1 is 1.44 bits per heavy atom. The number of hydrogen-bond donors (Lipinski definition) is 1. The van der Waals surface area contributed by atoms with Crippen LogP contribution < -0.4 is 10.1 Å². The van der Waals surface area contributed by atoms with Gasteiger partial charge in [-0.1, -0.05) is 25.1 Å². The summed E-state index contributed by atoms with van der Waals surface area (Å²) in [5.41, 5.74) is 2.53. The topological polar surface area (TPSA) is 21.3 Å². The first-order valence-electron chi connectivity index (χ1n) is 5.79. The lowest BCUT2D eigenvalue weighted by atomic mass is 10.1. The van der Waals surface area contributed by atoms with Gasteiger partial charge in [0.05, 0.1) is 7.11 Å². The molecule has 88 valence electrons. The summed E-state index contributed by atoms with van der Waals surface area (Å²) in [4.78, 5) is 0. The molecule has 0 radical (unpaired) electrons. The molecular weight excluding hydrogens is 198 g/mol. The van der Waals surface area contributed by atoms with Gasteiger partial charge in [-0.2, -0.15) is 0 Å². The molecule has 1 rings (SSSR count). The van der Waals surface area contributed by atoms with Gasteiger partial charge < -0.3 is 10.1 Å². The Morgan fingerprint density at radius 2 is 2.25 bits per heavy atom. The molecule has 0 saturated carbocycles. The van der Waals surface area contributed by atoms with Gasteiger partial charge in [-0.15, -0.1) is 0 Å². The third-order valence-corrected chi connectivity index (χ3v) is 2.55. The Labute approximate surface area is 98.3 Å². The van der Waals surface area contributed by atoms with E-state index in [2.05, 4.69) is 37.4 Å². The average molecular weight is 219 g/mol. The third kappa shape index (κ3) is 4.07. The van der Waals surface area contributed by atoms with E-state index in [1.165, 1.54) is 11.1 Å². The summed E-state index contributed by atoms with van der Waals surface area (Å²) in [5.74, 6) is 0.914. The number of ether oxygens (including phenoxy) is 1. The van der Waals surface area contributed by atoms with Gasteiger partial charge in [0.15, 0.2) is 0 Å². The second kappa shape index (κ2) is 7.07. The smallest absolute Gasteiger partial charge is 0.119 e. The minimum Gasteiger partial charge on any atom is -0.497 e. The van der Waals surface area contributed by atoms with Crippen molar-refractivity contribution >= 4 is 5.57 Å². The van der Waals surface area contributed by atoms with Gasteiger partial charge in [-0.05, 0) is 49.7 Å². The predicted octanol–water partition coefficient (Wildman–Crippen LogP) is 3.10. The van der Waals surface area contributed by atoms with Crippen LogP contribution in [0, 0.1) is 0 Å². The fourth-order valence-corrected chi connectivity index (χ4v) is 1.55. The van der Waals surface area contributed by atoms with Gasteiger partial charge >= 0.3 is 0 Å². The van der Waals surface area contributed by atoms with Crippen LogP contribution >= 0.6 is 0 Å². The molecule has 2 heteroatoms. The van der Waals surface area contributed by atoms with E-state index in [9.17, 15) is 0 Å². The van der Waals surface area contributed by atoms with Crippen molar-refractivity contribution in [3.63, 3.8) is 0 Å². The molecule has 0 spiro atoms. The molecule has 16 heavy (non-hydrogen) atoms. The van der Waals surface area contributed by atoms with Crippen molar-refractivity contribution in [2.24, 2.45) is 0 Å². The lowest BCUT2D eigenvalue weighted by Gasteiger charge is -2.05. The van der Waals surface area contributed by atoms with Crippen LogP contribution in [-0.4, -0.2) is 20.2 Å². The van der Waals surface area contributed by atoms with Crippen LogP contribution in [0.2, 0.25) is 0 Å². The highest BCUT2D eigenvalue weighted by atomic mass is 16.5. The van der Waals surface area contributed by atoms with Crippen molar-refractivity contribution < 1.29 is 4.74 Å². The van der Waals surface area contributed by atoms with E-state index >= 15 is 0 Å². The number of rotatable bonds is 6. The van der Waals surface area contributed by atoms with Crippen molar-refractivity contribution in [2.75, 3.05) is 20.2 Å². The number of allylic oxidation sites excluding steroid dienone is 1. The van der Waals surface area contributed by atoms with Crippen LogP contribution in [0.3, 0.4) is 0 Å². The fraction of sp³-hybridized carbons (Fsp3) is 0.429. The van der Waals surface area contributed by atoms with Gasteiger partial charge in [0.2, 0.25) is 0 Å². The maximum Gasteiger partial charge on any atom is 0.119 e. The Morgan fingerprint density at radius 3 is 2.94 bits per heavy atom. The monoisotopic (exact) mass is 219 g/mol. The minimum absolute atomic E-state index is 0.914. The van der Waals surface area contributed by atoms with E-state index < -0.39 is 0 Å². The van der Waals surface area contributed by atoms with E-state index in [4.69, 9.17) is 4.74 Å². The predicted molar refractivity (Wildman–Crippen MR) is 69.8 cm³/mol. The summed E-state index contributed by atoms with van der Waals surface area (Å²) in [7, 11) is 1.70. The molecule has 0 atom stereocenters. The molecule has 0 aromatic heterocycles. The largest absolute Gasteiger partial charge is 0.497 e. The number of benzene rings is 1. The van der Waals surface area contributed by atoms with Gasteiger partial charge in [0.1, 0.15) is 5.75 Å². The van der Waals surface area contributed by atoms with Crippen LogP contribution in [0.15, 0.2) is 30.3 Å². The molecule has 1 N–H and O–H groups in total. The maximum absolute atomic E-state index is 5.21. The van der Waals surface area contributed by atoms with Crippen molar-refractivity contribution in [1.29, 1.82) is 0 Å². The lowest BCUT2D eigenvalue weighted by molar-refractivity contribution is 0.414. The third-order valence-electron chi connectivity index (χ3n) is 2.55. The normalized spacial score (nSPS) is 11.6. The SMILES string of the molecule is CCNCCC=C(C)c1cccc(OC)c1. The molecule has 0 aliphatic carbocycles. The van der Waals surface area contributed by atoms with Gasteiger partial charge in [0, 0.05) is 0 Å². The van der Waals surface area contributed by atoms with E-state index in [1.807, 2.05) is 12.1 Å². The van der Waals surface area contributed by atoms with E-state index in [0.717, 1.165) is 25.3 Å². The van der Waals surface area contributed by atoms with Gasteiger partial charge in [-0.3, -0.25) is 0 Å². The molecular formula is C14H21NO. The minimum atomic E-state index is 0.914. The highest BCUT2D eigenvalue weighted by molar-refractivity contribution is 5.64. The van der Waals surface area contributed by atoms with Crippen LogP contribution in [0.4, 0.5) is 0 Å². The second-order valence-electron chi connectivity index (χ2n) is 3.76. The van der Waals surface area contributed by atoms with Crippen molar-refractivity contribution in [1.82, 2.24) is 5.32 Å². The molecule has 0 saturated heterocycles. The van der Waals surface area contributed by atoms with Gasteiger partial charge in [0.25, 0.3) is 0 Å². The first kappa shape index (κ1) is 12.8. The summed E-state index contributed by atoms with van der Waals surface area (Å²) in [5, 5.41) is 3.31. The molecule has 0 fully saturated rings. The standard InChI is InChI=1S/C14H21NO/c1-4-15-10-6-7-12(2)13-8-5-9-14(11-13)16-3/h5,7-9,11,15H,4,6,10H2,1-3H3. The van der Waals surface area contributed by atoms with Crippen LogP contribution in [-0.2, 0) is 0 Å². The van der Waals surface area contributed by atoms with Crippen molar-refractivity contribution in [2.45, 2.75) is 20.3 Å².